The summed E-state index contributed by atoms with van der Waals surface area (Å²) in [5.74, 6) is -0.590. The van der Waals surface area contributed by atoms with Crippen molar-refractivity contribution in [1.29, 1.82) is 0 Å². The molecule has 0 aromatic heterocycles. The average Bonchev–Trinajstić information content (AvgIpc) is 3.06. The Morgan fingerprint density at radius 2 is 0.804 bits per heavy atom. The van der Waals surface area contributed by atoms with E-state index in [4.69, 9.17) is 9.47 Å². The van der Waals surface area contributed by atoms with E-state index in [9.17, 15) is 14.7 Å². The second kappa shape index (κ2) is 38.1. The van der Waals surface area contributed by atoms with Gasteiger partial charge in [-0.25, -0.2) is 0 Å². The average molecular weight is 651 g/mol. The molecule has 0 aromatic rings. The van der Waals surface area contributed by atoms with Crippen molar-refractivity contribution in [3.63, 3.8) is 0 Å². The van der Waals surface area contributed by atoms with Crippen LogP contribution < -0.4 is 0 Å². The summed E-state index contributed by atoms with van der Waals surface area (Å²) in [5.41, 5.74) is 0. The Labute approximate surface area is 286 Å². The molecule has 0 rings (SSSR count). The summed E-state index contributed by atoms with van der Waals surface area (Å²) in [5, 5.41) is 9.55. The van der Waals surface area contributed by atoms with Gasteiger partial charge in [0.2, 0.25) is 0 Å². The van der Waals surface area contributed by atoms with Crippen molar-refractivity contribution in [3.05, 3.63) is 12.2 Å². The van der Waals surface area contributed by atoms with Gasteiger partial charge in [-0.1, -0.05) is 180 Å². The van der Waals surface area contributed by atoms with Crippen molar-refractivity contribution in [2.45, 2.75) is 225 Å². The lowest BCUT2D eigenvalue weighted by Crippen LogP contribution is -2.28. The van der Waals surface area contributed by atoms with Crippen molar-refractivity contribution in [2.75, 3.05) is 13.2 Å². The van der Waals surface area contributed by atoms with Gasteiger partial charge in [-0.05, 0) is 38.5 Å². The number of allylic oxidation sites excluding steroid dienone is 2. The number of esters is 2. The Hall–Kier alpha value is -1.36. The summed E-state index contributed by atoms with van der Waals surface area (Å²) in [6.45, 7) is 4.13. The van der Waals surface area contributed by atoms with E-state index in [0.717, 1.165) is 44.9 Å². The molecule has 0 aliphatic rings. The van der Waals surface area contributed by atoms with Gasteiger partial charge in [0.15, 0.2) is 6.10 Å². The van der Waals surface area contributed by atoms with Crippen LogP contribution in [-0.2, 0) is 19.1 Å². The second-order valence-corrected chi connectivity index (χ2v) is 13.7. The van der Waals surface area contributed by atoms with Crippen LogP contribution in [0.3, 0.4) is 0 Å². The molecular weight excluding hydrogens is 572 g/mol. The fraction of sp³-hybridized carbons (Fsp3) is 0.902. The minimum absolute atomic E-state index is 0.0644. The van der Waals surface area contributed by atoms with E-state index in [-0.39, 0.29) is 25.2 Å². The molecule has 0 heterocycles. The first kappa shape index (κ1) is 44.6. The van der Waals surface area contributed by atoms with Gasteiger partial charge in [0.05, 0.1) is 6.61 Å². The summed E-state index contributed by atoms with van der Waals surface area (Å²) in [7, 11) is 0. The highest BCUT2D eigenvalue weighted by atomic mass is 16.6. The summed E-state index contributed by atoms with van der Waals surface area (Å²) in [4.78, 5) is 24.2. The molecule has 1 N–H and O–H groups in total. The van der Waals surface area contributed by atoms with Crippen LogP contribution in [0.4, 0.5) is 0 Å². The number of ether oxygens (including phenoxy) is 2. The molecule has 0 aromatic carbocycles. The van der Waals surface area contributed by atoms with Crippen molar-refractivity contribution < 1.29 is 24.2 Å². The van der Waals surface area contributed by atoms with E-state index in [2.05, 4.69) is 26.0 Å². The minimum atomic E-state index is -0.767. The van der Waals surface area contributed by atoms with Crippen LogP contribution in [0.15, 0.2) is 12.2 Å². The highest BCUT2D eigenvalue weighted by Gasteiger charge is 2.16. The number of aliphatic hydroxyl groups excluding tert-OH is 1. The number of carbonyl (C=O) groups excluding carboxylic acids is 2. The zero-order chi connectivity index (χ0) is 33.6. The fourth-order valence-electron chi connectivity index (χ4n) is 5.96. The summed E-state index contributed by atoms with van der Waals surface area (Å²) in [6.07, 6.45) is 42.7. The molecule has 1 atom stereocenters. The van der Waals surface area contributed by atoms with Gasteiger partial charge < -0.3 is 14.6 Å². The summed E-state index contributed by atoms with van der Waals surface area (Å²) >= 11 is 0. The molecule has 0 aliphatic heterocycles. The van der Waals surface area contributed by atoms with Crippen LogP contribution in [0.25, 0.3) is 0 Å². The lowest BCUT2D eigenvalue weighted by Gasteiger charge is -2.15. The van der Waals surface area contributed by atoms with E-state index in [1.807, 2.05) is 0 Å². The first-order chi connectivity index (χ1) is 22.6. The van der Waals surface area contributed by atoms with Gasteiger partial charge in [-0.3, -0.25) is 9.59 Å². The Kier molecular flexibility index (Phi) is 37.0. The van der Waals surface area contributed by atoms with Gasteiger partial charge in [0.25, 0.3) is 0 Å². The van der Waals surface area contributed by atoms with Crippen molar-refractivity contribution in [3.8, 4) is 0 Å². The number of hydrogen-bond acceptors (Lipinski definition) is 5. The first-order valence-electron chi connectivity index (χ1n) is 20.2. The molecule has 5 nitrogen and oxygen atoms in total. The monoisotopic (exact) mass is 651 g/mol. The molecule has 0 unspecified atom stereocenters. The molecule has 0 radical (unpaired) electrons. The minimum Gasteiger partial charge on any atom is -0.462 e. The highest BCUT2D eigenvalue weighted by molar-refractivity contribution is 5.70. The molecule has 0 fully saturated rings. The van der Waals surface area contributed by atoms with Gasteiger partial charge in [-0.2, -0.15) is 0 Å². The Morgan fingerprint density at radius 1 is 0.478 bits per heavy atom. The highest BCUT2D eigenvalue weighted by Crippen LogP contribution is 2.15. The maximum Gasteiger partial charge on any atom is 0.306 e. The van der Waals surface area contributed by atoms with E-state index in [0.29, 0.717) is 12.8 Å². The maximum atomic E-state index is 12.2. The lowest BCUT2D eigenvalue weighted by atomic mass is 10.0. The van der Waals surface area contributed by atoms with Gasteiger partial charge in [0.1, 0.15) is 6.61 Å². The topological polar surface area (TPSA) is 72.8 Å². The SMILES string of the molecule is CCCCCC/C=C/CCCCCCCC(=O)OC[C@H](CO)OC(=O)CCCCCCCCCCCCCCCCCCCCC. The zero-order valence-corrected chi connectivity index (χ0v) is 30.9. The maximum absolute atomic E-state index is 12.2. The Morgan fingerprint density at radius 3 is 1.20 bits per heavy atom. The number of carbonyl (C=O) groups is 2. The van der Waals surface area contributed by atoms with E-state index < -0.39 is 6.10 Å². The third kappa shape index (κ3) is 35.5. The first-order valence-corrected chi connectivity index (χ1v) is 20.2. The third-order valence-corrected chi connectivity index (χ3v) is 9.06. The van der Waals surface area contributed by atoms with Crippen molar-refractivity contribution >= 4 is 11.9 Å². The van der Waals surface area contributed by atoms with Crippen molar-refractivity contribution in [2.24, 2.45) is 0 Å². The van der Waals surface area contributed by atoms with Crippen LogP contribution in [-0.4, -0.2) is 36.4 Å². The predicted molar refractivity (Wildman–Crippen MR) is 196 cm³/mol. The smallest absolute Gasteiger partial charge is 0.306 e. The zero-order valence-electron chi connectivity index (χ0n) is 30.9. The van der Waals surface area contributed by atoms with Crippen LogP contribution in [0.1, 0.15) is 219 Å². The standard InChI is InChI=1S/C41H78O5/c1-3-5-7-9-11-13-15-17-18-19-20-21-22-24-26-28-30-32-34-36-41(44)46-39(37-42)38-45-40(43)35-33-31-29-27-25-23-16-14-12-10-8-6-4-2/h14,16,39,42H,3-13,15,17-38H2,1-2H3/b16-14+/t39-/m0/s1. The number of aliphatic hydroxyl groups is 1. The summed E-state index contributed by atoms with van der Waals surface area (Å²) in [6, 6.07) is 0. The van der Waals surface area contributed by atoms with Gasteiger partial charge in [-0.15, -0.1) is 0 Å². The molecule has 272 valence electrons. The number of unbranched alkanes of at least 4 members (excludes halogenated alkanes) is 27. The molecule has 0 saturated carbocycles. The molecule has 0 aliphatic carbocycles. The third-order valence-electron chi connectivity index (χ3n) is 9.06. The fourth-order valence-corrected chi connectivity index (χ4v) is 5.96. The molecule has 0 bridgehead atoms. The lowest BCUT2D eigenvalue weighted by molar-refractivity contribution is -0.161. The molecule has 0 amide bonds. The largest absolute Gasteiger partial charge is 0.462 e. The number of rotatable bonds is 37. The van der Waals surface area contributed by atoms with E-state index >= 15 is 0 Å². The molecular formula is C41H78O5. The second-order valence-electron chi connectivity index (χ2n) is 13.7. The Bertz CT molecular complexity index is 661. The summed E-state index contributed by atoms with van der Waals surface area (Å²) < 4.78 is 10.6. The normalized spacial score (nSPS) is 12.2. The Balaban J connectivity index is 3.50. The molecule has 0 saturated heterocycles. The quantitative estimate of drug-likeness (QED) is 0.0411. The molecule has 46 heavy (non-hydrogen) atoms. The van der Waals surface area contributed by atoms with Crippen LogP contribution in [0.5, 0.6) is 0 Å². The van der Waals surface area contributed by atoms with Gasteiger partial charge >= 0.3 is 11.9 Å². The van der Waals surface area contributed by atoms with Gasteiger partial charge in [0, 0.05) is 12.8 Å². The molecule has 5 heteroatoms. The van der Waals surface area contributed by atoms with Crippen LogP contribution >= 0.6 is 0 Å². The van der Waals surface area contributed by atoms with Crippen LogP contribution in [0, 0.1) is 0 Å². The van der Waals surface area contributed by atoms with Crippen molar-refractivity contribution in [1.82, 2.24) is 0 Å². The van der Waals surface area contributed by atoms with Crippen LogP contribution in [0.2, 0.25) is 0 Å². The predicted octanol–water partition coefficient (Wildman–Crippen LogP) is 12.5. The number of hydrogen-bond donors (Lipinski definition) is 1. The molecule has 0 spiro atoms. The van der Waals surface area contributed by atoms with E-state index in [1.54, 1.807) is 0 Å². The van der Waals surface area contributed by atoms with E-state index in [1.165, 1.54) is 148 Å².